The van der Waals surface area contributed by atoms with E-state index in [1.54, 1.807) is 6.07 Å². The van der Waals surface area contributed by atoms with E-state index in [2.05, 4.69) is 11.2 Å². The largest absolute Gasteiger partial charge is 0.479 e. The predicted octanol–water partition coefficient (Wildman–Crippen LogP) is 4.93. The molecule has 21 heavy (non-hydrogen) atoms. The monoisotopic (exact) mass is 319 g/mol. The van der Waals surface area contributed by atoms with Gasteiger partial charge in [0.2, 0.25) is 0 Å². The zero-order chi connectivity index (χ0) is 15.2. The van der Waals surface area contributed by atoms with E-state index in [0.29, 0.717) is 22.3 Å². The molecule has 0 unspecified atom stereocenters. The van der Waals surface area contributed by atoms with Gasteiger partial charge in [-0.3, -0.25) is 0 Å². The number of aryl methyl sites for hydroxylation is 1. The van der Waals surface area contributed by atoms with Crippen molar-refractivity contribution in [1.29, 1.82) is 0 Å². The van der Waals surface area contributed by atoms with Gasteiger partial charge in [-0.1, -0.05) is 47.3 Å². The third kappa shape index (κ3) is 4.07. The highest BCUT2D eigenvalue weighted by Gasteiger charge is 2.11. The Bertz CT molecular complexity index is 677. The summed E-state index contributed by atoms with van der Waals surface area (Å²) in [5.74, 6) is 3.00. The average molecular weight is 320 g/mol. The number of hydrogen-bond acceptors (Lipinski definition) is 2. The summed E-state index contributed by atoms with van der Waals surface area (Å²) in [5, 5.41) is 4.37. The van der Waals surface area contributed by atoms with E-state index < -0.39 is 0 Å². The van der Waals surface area contributed by atoms with E-state index in [4.69, 9.17) is 34.4 Å². The van der Waals surface area contributed by atoms with Crippen LogP contribution in [0.2, 0.25) is 10.0 Å². The molecule has 108 valence electrons. The van der Waals surface area contributed by atoms with E-state index in [1.807, 2.05) is 37.3 Å². The van der Waals surface area contributed by atoms with Crippen LogP contribution >= 0.6 is 23.2 Å². The number of rotatable bonds is 5. The Morgan fingerprint density at radius 1 is 1.24 bits per heavy atom. The zero-order valence-corrected chi connectivity index (χ0v) is 13.1. The number of ether oxygens (including phenoxy) is 1. The molecular formula is C17H15Cl2NO. The Kier molecular flexibility index (Phi) is 5.38. The molecule has 0 aromatic heterocycles. The number of hydrogen-bond donors (Lipinski definition) is 1. The topological polar surface area (TPSA) is 21.3 Å². The van der Waals surface area contributed by atoms with Crippen LogP contribution in [0.15, 0.2) is 36.4 Å². The highest BCUT2D eigenvalue weighted by Crippen LogP contribution is 2.33. The van der Waals surface area contributed by atoms with E-state index in [9.17, 15) is 0 Å². The Labute approximate surface area is 135 Å². The van der Waals surface area contributed by atoms with Crippen molar-refractivity contribution in [3.05, 3.63) is 57.6 Å². The smallest absolute Gasteiger partial charge is 0.148 e. The molecule has 1 N–H and O–H groups in total. The first kappa shape index (κ1) is 15.6. The van der Waals surface area contributed by atoms with Gasteiger partial charge in [0, 0.05) is 22.8 Å². The molecule has 0 bridgehead atoms. The van der Waals surface area contributed by atoms with Gasteiger partial charge in [0.15, 0.2) is 0 Å². The van der Waals surface area contributed by atoms with Gasteiger partial charge in [0.05, 0.1) is 5.02 Å². The van der Waals surface area contributed by atoms with E-state index >= 15 is 0 Å². The molecule has 0 saturated carbocycles. The third-order valence-corrected chi connectivity index (χ3v) is 3.50. The van der Waals surface area contributed by atoms with Crippen molar-refractivity contribution in [2.45, 2.75) is 13.5 Å². The van der Waals surface area contributed by atoms with E-state index in [1.165, 1.54) is 0 Å². The molecule has 0 aliphatic rings. The number of halogens is 2. The van der Waals surface area contributed by atoms with Crippen LogP contribution in [0.1, 0.15) is 11.1 Å². The van der Waals surface area contributed by atoms with E-state index in [-0.39, 0.29) is 6.61 Å². The summed E-state index contributed by atoms with van der Waals surface area (Å²) in [6.07, 6.45) is 5.23. The average Bonchev–Trinajstić information content (AvgIpc) is 2.45. The minimum absolute atomic E-state index is 0.165. The maximum atomic E-state index is 6.18. The molecule has 0 aliphatic heterocycles. The molecule has 0 heterocycles. The van der Waals surface area contributed by atoms with E-state index in [0.717, 1.165) is 16.8 Å². The van der Waals surface area contributed by atoms with Crippen LogP contribution < -0.4 is 10.1 Å². The van der Waals surface area contributed by atoms with Gasteiger partial charge in [0.1, 0.15) is 12.4 Å². The molecule has 2 aromatic rings. The van der Waals surface area contributed by atoms with Crippen molar-refractivity contribution in [3.63, 3.8) is 0 Å². The number of anilines is 1. The van der Waals surface area contributed by atoms with Crippen molar-refractivity contribution in [1.82, 2.24) is 0 Å². The molecule has 4 heteroatoms. The predicted molar refractivity (Wildman–Crippen MR) is 89.3 cm³/mol. The first-order valence-corrected chi connectivity index (χ1v) is 7.21. The van der Waals surface area contributed by atoms with Crippen LogP contribution in [-0.4, -0.2) is 6.61 Å². The standard InChI is InChI=1S/C17H15Cl2NO/c1-3-8-21-17-13(9-14(18)10-15(17)19)11-20-16-7-5-4-6-12(16)2/h1,4-7,9-10,20H,8,11H2,2H3. The minimum Gasteiger partial charge on any atom is -0.479 e. The molecule has 0 fully saturated rings. The van der Waals surface area contributed by atoms with Crippen LogP contribution in [0.4, 0.5) is 5.69 Å². The van der Waals surface area contributed by atoms with Crippen LogP contribution in [0.3, 0.4) is 0 Å². The van der Waals surface area contributed by atoms with Crippen LogP contribution in [0.5, 0.6) is 5.75 Å². The van der Waals surface area contributed by atoms with Crippen molar-refractivity contribution in [2.24, 2.45) is 0 Å². The van der Waals surface area contributed by atoms with Crippen molar-refractivity contribution in [3.8, 4) is 18.1 Å². The lowest BCUT2D eigenvalue weighted by Gasteiger charge is -2.14. The van der Waals surface area contributed by atoms with Gasteiger partial charge in [0.25, 0.3) is 0 Å². The quantitative estimate of drug-likeness (QED) is 0.789. The first-order chi connectivity index (χ1) is 10.1. The Hall–Kier alpha value is -1.82. The second-order valence-electron chi connectivity index (χ2n) is 4.54. The number of benzene rings is 2. The van der Waals surface area contributed by atoms with Crippen molar-refractivity contribution in [2.75, 3.05) is 11.9 Å². The molecule has 0 atom stereocenters. The van der Waals surface area contributed by atoms with Gasteiger partial charge >= 0.3 is 0 Å². The summed E-state index contributed by atoms with van der Waals surface area (Å²) in [6.45, 7) is 2.76. The maximum absolute atomic E-state index is 6.18. The number of nitrogens with one attached hydrogen (secondary N) is 1. The fourth-order valence-corrected chi connectivity index (χ4v) is 2.57. The molecular weight excluding hydrogens is 305 g/mol. The minimum atomic E-state index is 0.165. The Morgan fingerprint density at radius 3 is 2.71 bits per heavy atom. The van der Waals surface area contributed by atoms with Gasteiger partial charge in [-0.25, -0.2) is 0 Å². The molecule has 0 saturated heterocycles. The molecule has 0 amide bonds. The zero-order valence-electron chi connectivity index (χ0n) is 11.6. The summed E-state index contributed by atoms with van der Waals surface area (Å²) >= 11 is 12.2. The summed E-state index contributed by atoms with van der Waals surface area (Å²) in [6, 6.07) is 11.5. The van der Waals surface area contributed by atoms with Crippen LogP contribution in [-0.2, 0) is 6.54 Å². The van der Waals surface area contributed by atoms with Crippen molar-refractivity contribution < 1.29 is 4.74 Å². The second kappa shape index (κ2) is 7.26. The molecule has 0 spiro atoms. The number of para-hydroxylation sites is 1. The summed E-state index contributed by atoms with van der Waals surface area (Å²) in [4.78, 5) is 0. The highest BCUT2D eigenvalue weighted by atomic mass is 35.5. The Balaban J connectivity index is 2.22. The summed E-state index contributed by atoms with van der Waals surface area (Å²) in [7, 11) is 0. The summed E-state index contributed by atoms with van der Waals surface area (Å²) < 4.78 is 5.52. The van der Waals surface area contributed by atoms with Gasteiger partial charge in [-0.2, -0.15) is 0 Å². The highest BCUT2D eigenvalue weighted by molar-refractivity contribution is 6.35. The lowest BCUT2D eigenvalue weighted by molar-refractivity contribution is 0.367. The van der Waals surface area contributed by atoms with Crippen molar-refractivity contribution >= 4 is 28.9 Å². The van der Waals surface area contributed by atoms with Gasteiger partial charge in [-0.15, -0.1) is 6.42 Å². The van der Waals surface area contributed by atoms with Crippen LogP contribution in [0.25, 0.3) is 0 Å². The Morgan fingerprint density at radius 2 is 2.00 bits per heavy atom. The van der Waals surface area contributed by atoms with Crippen LogP contribution in [0, 0.1) is 19.3 Å². The fourth-order valence-electron chi connectivity index (χ4n) is 1.98. The fraction of sp³-hybridized carbons (Fsp3) is 0.176. The lowest BCUT2D eigenvalue weighted by atomic mass is 10.1. The summed E-state index contributed by atoms with van der Waals surface area (Å²) in [5.41, 5.74) is 3.08. The molecule has 2 aromatic carbocycles. The third-order valence-electron chi connectivity index (χ3n) is 3.00. The van der Waals surface area contributed by atoms with Gasteiger partial charge < -0.3 is 10.1 Å². The molecule has 2 nitrogen and oxygen atoms in total. The second-order valence-corrected chi connectivity index (χ2v) is 5.38. The molecule has 0 aliphatic carbocycles. The maximum Gasteiger partial charge on any atom is 0.148 e. The number of terminal acetylenes is 1. The first-order valence-electron chi connectivity index (χ1n) is 6.45. The lowest BCUT2D eigenvalue weighted by Crippen LogP contribution is -2.05. The SMILES string of the molecule is C#CCOc1c(Cl)cc(Cl)cc1CNc1ccccc1C. The molecule has 2 rings (SSSR count). The van der Waals surface area contributed by atoms with Gasteiger partial charge in [-0.05, 0) is 30.7 Å². The normalized spacial score (nSPS) is 10.0. The molecule has 0 radical (unpaired) electrons.